The molecule has 1 atom stereocenters. The van der Waals surface area contributed by atoms with Crippen LogP contribution in [0, 0.1) is 5.92 Å². The van der Waals surface area contributed by atoms with Crippen LogP contribution in [-0.2, 0) is 4.74 Å². The van der Waals surface area contributed by atoms with Crippen LogP contribution in [0.4, 0.5) is 13.2 Å². The molecular formula is C12H21F3O. The molecule has 0 rings (SSSR count). The number of allylic oxidation sites excluding steroid dienone is 1. The molecular weight excluding hydrogens is 217 g/mol. The fraction of sp³-hybridized carbons (Fsp3) is 0.833. The third-order valence-electron chi connectivity index (χ3n) is 2.95. The zero-order valence-corrected chi connectivity index (χ0v) is 10.8. The Morgan fingerprint density at radius 2 is 1.44 bits per heavy atom. The first-order chi connectivity index (χ1) is 6.83. The molecule has 96 valence electrons. The van der Waals surface area contributed by atoms with Gasteiger partial charge in [-0.1, -0.05) is 20.4 Å². The topological polar surface area (TPSA) is 9.23 Å². The van der Waals surface area contributed by atoms with Gasteiger partial charge < -0.3 is 4.74 Å². The average Bonchev–Trinajstić information content (AvgIpc) is 1.99. The normalized spacial score (nSPS) is 17.1. The molecule has 0 bridgehead atoms. The molecule has 0 amide bonds. The fourth-order valence-electron chi connectivity index (χ4n) is 1.11. The van der Waals surface area contributed by atoms with Gasteiger partial charge in [0.2, 0.25) is 5.60 Å². The van der Waals surface area contributed by atoms with E-state index in [1.165, 1.54) is 0 Å². The monoisotopic (exact) mass is 238 g/mol. The van der Waals surface area contributed by atoms with Gasteiger partial charge in [0, 0.05) is 12.8 Å². The number of ether oxygens (including phenoxy) is 1. The van der Waals surface area contributed by atoms with Gasteiger partial charge in [-0.2, -0.15) is 0 Å². The van der Waals surface area contributed by atoms with Crippen LogP contribution in [0.15, 0.2) is 12.3 Å². The molecule has 0 saturated heterocycles. The summed E-state index contributed by atoms with van der Waals surface area (Å²) in [4.78, 5) is 0. The maximum Gasteiger partial charge on any atom is 0.287 e. The van der Waals surface area contributed by atoms with Gasteiger partial charge in [0.1, 0.15) is 0 Å². The van der Waals surface area contributed by atoms with E-state index in [9.17, 15) is 13.2 Å². The maximum absolute atomic E-state index is 13.9. The van der Waals surface area contributed by atoms with Crippen molar-refractivity contribution >= 4 is 0 Å². The Kier molecular flexibility index (Phi) is 4.12. The highest BCUT2D eigenvalue weighted by atomic mass is 19.3. The molecule has 0 radical (unpaired) electrons. The maximum atomic E-state index is 13.9. The van der Waals surface area contributed by atoms with Crippen LogP contribution in [0.25, 0.3) is 0 Å². The van der Waals surface area contributed by atoms with Crippen molar-refractivity contribution in [3.8, 4) is 0 Å². The molecule has 0 aromatic rings. The zero-order chi connectivity index (χ0) is 13.4. The molecule has 0 aliphatic heterocycles. The lowest BCUT2D eigenvalue weighted by molar-refractivity contribution is -0.228. The predicted octanol–water partition coefficient (Wildman–Crippen LogP) is 4.33. The number of halogens is 3. The SMILES string of the molecule is C=C(OC(C)(C(C)(C)F)C(C)(F)F)C(C)C. The Bertz CT molecular complexity index is 244. The van der Waals surface area contributed by atoms with E-state index in [1.54, 1.807) is 13.8 Å². The van der Waals surface area contributed by atoms with E-state index in [2.05, 4.69) is 6.58 Å². The smallest absolute Gasteiger partial charge is 0.287 e. The summed E-state index contributed by atoms with van der Waals surface area (Å²) in [5.41, 5.74) is -4.40. The van der Waals surface area contributed by atoms with Crippen LogP contribution in [-0.4, -0.2) is 17.2 Å². The molecule has 0 saturated carbocycles. The van der Waals surface area contributed by atoms with Crippen molar-refractivity contribution in [2.75, 3.05) is 0 Å². The summed E-state index contributed by atoms with van der Waals surface area (Å²) in [7, 11) is 0. The lowest BCUT2D eigenvalue weighted by Crippen LogP contribution is -2.58. The van der Waals surface area contributed by atoms with Crippen molar-refractivity contribution in [2.45, 2.75) is 58.7 Å². The minimum atomic E-state index is -3.30. The van der Waals surface area contributed by atoms with Crippen molar-refractivity contribution in [1.29, 1.82) is 0 Å². The second kappa shape index (κ2) is 4.30. The second-order valence-corrected chi connectivity index (χ2v) is 5.12. The third-order valence-corrected chi connectivity index (χ3v) is 2.95. The number of hydrogen-bond acceptors (Lipinski definition) is 1. The van der Waals surface area contributed by atoms with Crippen LogP contribution in [0.1, 0.15) is 41.5 Å². The highest BCUT2D eigenvalue weighted by Crippen LogP contribution is 2.43. The van der Waals surface area contributed by atoms with Crippen LogP contribution in [0.2, 0.25) is 0 Å². The Hall–Kier alpha value is -0.670. The molecule has 16 heavy (non-hydrogen) atoms. The van der Waals surface area contributed by atoms with E-state index in [1.807, 2.05) is 0 Å². The number of rotatable bonds is 5. The quantitative estimate of drug-likeness (QED) is 0.647. The van der Waals surface area contributed by atoms with Gasteiger partial charge in [-0.25, -0.2) is 13.2 Å². The van der Waals surface area contributed by atoms with E-state index in [0.717, 1.165) is 20.8 Å². The van der Waals surface area contributed by atoms with Crippen molar-refractivity contribution in [3.05, 3.63) is 12.3 Å². The number of alkyl halides is 3. The molecule has 0 aromatic carbocycles. The van der Waals surface area contributed by atoms with Gasteiger partial charge in [-0.3, -0.25) is 0 Å². The van der Waals surface area contributed by atoms with E-state index in [0.29, 0.717) is 6.92 Å². The summed E-state index contributed by atoms with van der Waals surface area (Å²) in [6, 6.07) is 0. The molecule has 0 heterocycles. The Labute approximate surface area is 95.7 Å². The molecule has 0 aliphatic rings. The standard InChI is InChI=1S/C12H21F3O/c1-8(2)9(3)16-11(6,10(4,5)13)12(7,14)15/h8H,3H2,1-2,4-7H3. The number of hydrogen-bond donors (Lipinski definition) is 0. The highest BCUT2D eigenvalue weighted by Gasteiger charge is 2.59. The average molecular weight is 238 g/mol. The molecule has 0 aliphatic carbocycles. The first-order valence-electron chi connectivity index (χ1n) is 5.27. The van der Waals surface area contributed by atoms with E-state index in [-0.39, 0.29) is 11.7 Å². The van der Waals surface area contributed by atoms with Gasteiger partial charge in [0.05, 0.1) is 5.76 Å². The van der Waals surface area contributed by atoms with Crippen molar-refractivity contribution in [2.24, 2.45) is 5.92 Å². The Morgan fingerprint density at radius 1 is 1.06 bits per heavy atom. The van der Waals surface area contributed by atoms with E-state index >= 15 is 0 Å². The highest BCUT2D eigenvalue weighted by molar-refractivity contribution is 5.05. The lowest BCUT2D eigenvalue weighted by Gasteiger charge is -2.43. The molecule has 0 spiro atoms. The minimum Gasteiger partial charge on any atom is -0.483 e. The summed E-state index contributed by atoms with van der Waals surface area (Å²) in [6.45, 7) is 10.9. The summed E-state index contributed by atoms with van der Waals surface area (Å²) in [5, 5.41) is 0. The van der Waals surface area contributed by atoms with Gasteiger partial charge in [-0.15, -0.1) is 0 Å². The Morgan fingerprint density at radius 3 is 1.62 bits per heavy atom. The van der Waals surface area contributed by atoms with E-state index < -0.39 is 17.2 Å². The van der Waals surface area contributed by atoms with Crippen molar-refractivity contribution < 1.29 is 17.9 Å². The van der Waals surface area contributed by atoms with Crippen LogP contribution >= 0.6 is 0 Å². The van der Waals surface area contributed by atoms with Gasteiger partial charge >= 0.3 is 0 Å². The Balaban J connectivity index is 5.22. The molecule has 0 N–H and O–H groups in total. The minimum absolute atomic E-state index is 0.135. The predicted molar refractivity (Wildman–Crippen MR) is 59.3 cm³/mol. The summed E-state index contributed by atoms with van der Waals surface area (Å²) in [5.74, 6) is -3.28. The summed E-state index contributed by atoms with van der Waals surface area (Å²) >= 11 is 0. The zero-order valence-electron chi connectivity index (χ0n) is 10.8. The first kappa shape index (κ1) is 15.3. The molecule has 0 aromatic heterocycles. The van der Waals surface area contributed by atoms with Crippen molar-refractivity contribution in [3.63, 3.8) is 0 Å². The third kappa shape index (κ3) is 2.92. The molecule has 1 unspecified atom stereocenters. The van der Waals surface area contributed by atoms with Gasteiger partial charge in [0.15, 0.2) is 5.67 Å². The summed E-state index contributed by atoms with van der Waals surface area (Å²) < 4.78 is 46.0. The van der Waals surface area contributed by atoms with Crippen LogP contribution in [0.5, 0.6) is 0 Å². The van der Waals surface area contributed by atoms with Gasteiger partial charge in [0.25, 0.3) is 5.92 Å². The summed E-state index contributed by atoms with van der Waals surface area (Å²) in [6.07, 6.45) is 0. The molecule has 4 heteroatoms. The second-order valence-electron chi connectivity index (χ2n) is 5.12. The van der Waals surface area contributed by atoms with Crippen molar-refractivity contribution in [1.82, 2.24) is 0 Å². The van der Waals surface area contributed by atoms with Gasteiger partial charge in [-0.05, 0) is 20.8 Å². The largest absolute Gasteiger partial charge is 0.483 e. The van der Waals surface area contributed by atoms with Crippen LogP contribution in [0.3, 0.4) is 0 Å². The fourth-order valence-corrected chi connectivity index (χ4v) is 1.11. The molecule has 0 fully saturated rings. The lowest BCUT2D eigenvalue weighted by atomic mass is 9.83. The van der Waals surface area contributed by atoms with E-state index in [4.69, 9.17) is 4.74 Å². The van der Waals surface area contributed by atoms with Crippen LogP contribution < -0.4 is 0 Å². The molecule has 1 nitrogen and oxygen atoms in total. The first-order valence-corrected chi connectivity index (χ1v) is 5.27.